The van der Waals surface area contributed by atoms with Crippen LogP contribution in [0, 0.1) is 5.92 Å². The first-order valence-corrected chi connectivity index (χ1v) is 7.00. The van der Waals surface area contributed by atoms with Gasteiger partial charge in [-0.25, -0.2) is 0 Å². The number of piperidine rings is 1. The fraction of sp³-hybridized carbons (Fsp3) is 0.533. The zero-order valence-corrected chi connectivity index (χ0v) is 11.6. The molecule has 1 heterocycles. The minimum atomic E-state index is -0.364. The summed E-state index contributed by atoms with van der Waals surface area (Å²) in [5.74, 6) is 0.478. The Labute approximate surface area is 115 Å². The Bertz CT molecular complexity index is 408. The Kier molecular flexibility index (Phi) is 4.80. The number of nitrogens with two attached hydrogens (primary N) is 1. The number of hydrogen-bond acceptors (Lipinski definition) is 3. The van der Waals surface area contributed by atoms with Gasteiger partial charge in [-0.1, -0.05) is 0 Å². The standard InChI is InChI=1S/C15H23N3O/c1-17-9-6-12-7-10-18(11-8-12)14-4-2-13(3-5-14)15(16)19/h2-5,12,17H,6-11H2,1H3,(H2,16,19). The smallest absolute Gasteiger partial charge is 0.248 e. The summed E-state index contributed by atoms with van der Waals surface area (Å²) in [7, 11) is 2.01. The Morgan fingerprint density at radius 1 is 1.32 bits per heavy atom. The van der Waals surface area contributed by atoms with Gasteiger partial charge in [-0.05, 0) is 63.0 Å². The van der Waals surface area contributed by atoms with Crippen molar-refractivity contribution in [3.8, 4) is 0 Å². The number of rotatable bonds is 5. The van der Waals surface area contributed by atoms with Gasteiger partial charge in [0, 0.05) is 24.3 Å². The molecule has 1 amide bonds. The van der Waals surface area contributed by atoms with E-state index in [4.69, 9.17) is 5.73 Å². The molecular formula is C15H23N3O. The van der Waals surface area contributed by atoms with Crippen LogP contribution in [0.3, 0.4) is 0 Å². The highest BCUT2D eigenvalue weighted by molar-refractivity contribution is 5.93. The Balaban J connectivity index is 1.88. The molecule has 0 spiro atoms. The van der Waals surface area contributed by atoms with Crippen LogP contribution >= 0.6 is 0 Å². The number of carbonyl (C=O) groups is 1. The van der Waals surface area contributed by atoms with Gasteiger partial charge in [0.2, 0.25) is 5.91 Å². The molecule has 1 saturated heterocycles. The molecule has 4 nitrogen and oxygen atoms in total. The van der Waals surface area contributed by atoms with Crippen molar-refractivity contribution in [2.75, 3.05) is 31.6 Å². The predicted molar refractivity (Wildman–Crippen MR) is 78.4 cm³/mol. The summed E-state index contributed by atoms with van der Waals surface area (Å²) in [5, 5.41) is 3.22. The van der Waals surface area contributed by atoms with Gasteiger partial charge >= 0.3 is 0 Å². The molecule has 1 aromatic rings. The van der Waals surface area contributed by atoms with Crippen LogP contribution in [-0.2, 0) is 0 Å². The van der Waals surface area contributed by atoms with Crippen molar-refractivity contribution in [1.29, 1.82) is 0 Å². The molecule has 3 N–H and O–H groups in total. The number of nitrogens with zero attached hydrogens (tertiary/aromatic N) is 1. The van der Waals surface area contributed by atoms with Crippen molar-refractivity contribution in [1.82, 2.24) is 5.32 Å². The van der Waals surface area contributed by atoms with E-state index in [1.807, 2.05) is 31.3 Å². The molecule has 19 heavy (non-hydrogen) atoms. The SMILES string of the molecule is CNCCC1CCN(c2ccc(C(N)=O)cc2)CC1. The molecule has 1 aromatic carbocycles. The molecule has 4 heteroatoms. The molecule has 0 unspecified atom stereocenters. The van der Waals surface area contributed by atoms with Crippen LogP contribution in [0.4, 0.5) is 5.69 Å². The number of primary amides is 1. The second-order valence-corrected chi connectivity index (χ2v) is 5.23. The fourth-order valence-electron chi connectivity index (χ4n) is 2.66. The summed E-state index contributed by atoms with van der Waals surface area (Å²) in [6, 6.07) is 7.61. The number of nitrogens with one attached hydrogen (secondary N) is 1. The lowest BCUT2D eigenvalue weighted by atomic mass is 9.93. The summed E-state index contributed by atoms with van der Waals surface area (Å²) in [5.41, 5.74) is 7.02. The van der Waals surface area contributed by atoms with E-state index in [0.29, 0.717) is 5.56 Å². The third-order valence-electron chi connectivity index (χ3n) is 3.93. The van der Waals surface area contributed by atoms with Crippen molar-refractivity contribution >= 4 is 11.6 Å². The lowest BCUT2D eigenvalue weighted by molar-refractivity contribution is 0.100. The molecule has 1 aliphatic heterocycles. The third kappa shape index (κ3) is 3.70. The molecule has 0 aliphatic carbocycles. The topological polar surface area (TPSA) is 58.4 Å². The van der Waals surface area contributed by atoms with E-state index >= 15 is 0 Å². The number of benzene rings is 1. The van der Waals surface area contributed by atoms with Gasteiger partial charge in [-0.15, -0.1) is 0 Å². The Morgan fingerprint density at radius 3 is 2.47 bits per heavy atom. The van der Waals surface area contributed by atoms with E-state index in [9.17, 15) is 4.79 Å². The maximum atomic E-state index is 11.0. The maximum Gasteiger partial charge on any atom is 0.248 e. The number of carbonyl (C=O) groups excluding carboxylic acids is 1. The van der Waals surface area contributed by atoms with Crippen molar-refractivity contribution in [3.05, 3.63) is 29.8 Å². The van der Waals surface area contributed by atoms with Crippen LogP contribution in [0.1, 0.15) is 29.6 Å². The Hall–Kier alpha value is -1.55. The minimum Gasteiger partial charge on any atom is -0.372 e. The van der Waals surface area contributed by atoms with Gasteiger partial charge in [-0.3, -0.25) is 4.79 Å². The average molecular weight is 261 g/mol. The van der Waals surface area contributed by atoms with Crippen LogP contribution in [-0.4, -0.2) is 32.6 Å². The number of hydrogen-bond donors (Lipinski definition) is 2. The average Bonchev–Trinajstić information content (AvgIpc) is 2.46. The van der Waals surface area contributed by atoms with Crippen LogP contribution in [0.2, 0.25) is 0 Å². The predicted octanol–water partition coefficient (Wildman–Crippen LogP) is 1.61. The van der Waals surface area contributed by atoms with Gasteiger partial charge in [0.15, 0.2) is 0 Å². The molecule has 0 radical (unpaired) electrons. The van der Waals surface area contributed by atoms with Gasteiger partial charge in [-0.2, -0.15) is 0 Å². The van der Waals surface area contributed by atoms with Crippen molar-refractivity contribution in [2.45, 2.75) is 19.3 Å². The maximum absolute atomic E-state index is 11.0. The van der Waals surface area contributed by atoms with E-state index in [-0.39, 0.29) is 5.91 Å². The van der Waals surface area contributed by atoms with Crippen molar-refractivity contribution < 1.29 is 4.79 Å². The second kappa shape index (κ2) is 6.57. The molecule has 0 saturated carbocycles. The molecule has 2 rings (SSSR count). The molecule has 0 bridgehead atoms. The van der Waals surface area contributed by atoms with Crippen LogP contribution in [0.15, 0.2) is 24.3 Å². The minimum absolute atomic E-state index is 0.364. The van der Waals surface area contributed by atoms with Gasteiger partial charge in [0.1, 0.15) is 0 Å². The van der Waals surface area contributed by atoms with E-state index in [1.54, 1.807) is 0 Å². The van der Waals surface area contributed by atoms with Crippen LogP contribution in [0.25, 0.3) is 0 Å². The van der Waals surface area contributed by atoms with Crippen LogP contribution < -0.4 is 16.0 Å². The van der Waals surface area contributed by atoms with Gasteiger partial charge in [0.25, 0.3) is 0 Å². The van der Waals surface area contributed by atoms with Crippen LogP contribution in [0.5, 0.6) is 0 Å². The fourth-order valence-corrected chi connectivity index (χ4v) is 2.66. The quantitative estimate of drug-likeness (QED) is 0.846. The summed E-state index contributed by atoms with van der Waals surface area (Å²) >= 11 is 0. The molecule has 1 fully saturated rings. The van der Waals surface area contributed by atoms with E-state index in [0.717, 1.165) is 25.6 Å². The first-order valence-electron chi connectivity index (χ1n) is 7.00. The summed E-state index contributed by atoms with van der Waals surface area (Å²) in [4.78, 5) is 13.4. The monoisotopic (exact) mass is 261 g/mol. The largest absolute Gasteiger partial charge is 0.372 e. The first-order chi connectivity index (χ1) is 9.20. The van der Waals surface area contributed by atoms with E-state index in [2.05, 4.69) is 10.2 Å². The molecular weight excluding hydrogens is 238 g/mol. The zero-order chi connectivity index (χ0) is 13.7. The highest BCUT2D eigenvalue weighted by atomic mass is 16.1. The normalized spacial score (nSPS) is 16.6. The number of anilines is 1. The first kappa shape index (κ1) is 13.9. The van der Waals surface area contributed by atoms with Gasteiger partial charge in [0.05, 0.1) is 0 Å². The highest BCUT2D eigenvalue weighted by Gasteiger charge is 2.18. The lowest BCUT2D eigenvalue weighted by Crippen LogP contribution is -2.34. The molecule has 1 aliphatic rings. The molecule has 0 aromatic heterocycles. The third-order valence-corrected chi connectivity index (χ3v) is 3.93. The number of amides is 1. The lowest BCUT2D eigenvalue weighted by Gasteiger charge is -2.33. The summed E-state index contributed by atoms with van der Waals surface area (Å²) in [6.45, 7) is 3.31. The second-order valence-electron chi connectivity index (χ2n) is 5.23. The summed E-state index contributed by atoms with van der Waals surface area (Å²) < 4.78 is 0. The van der Waals surface area contributed by atoms with Gasteiger partial charge < -0.3 is 16.0 Å². The summed E-state index contributed by atoms with van der Waals surface area (Å²) in [6.07, 6.45) is 3.77. The molecule has 0 atom stereocenters. The highest BCUT2D eigenvalue weighted by Crippen LogP contribution is 2.25. The molecule has 104 valence electrons. The van der Waals surface area contributed by atoms with E-state index < -0.39 is 0 Å². The zero-order valence-electron chi connectivity index (χ0n) is 11.6. The van der Waals surface area contributed by atoms with Crippen molar-refractivity contribution in [3.63, 3.8) is 0 Å². The van der Waals surface area contributed by atoms with Crippen molar-refractivity contribution in [2.24, 2.45) is 11.7 Å². The Morgan fingerprint density at radius 2 is 1.95 bits per heavy atom. The van der Waals surface area contributed by atoms with E-state index in [1.165, 1.54) is 24.9 Å².